The third-order valence-electron chi connectivity index (χ3n) is 4.86. The molecule has 0 bridgehead atoms. The fourth-order valence-corrected chi connectivity index (χ4v) is 2.98. The van der Waals surface area contributed by atoms with Crippen LogP contribution in [-0.2, 0) is 19.2 Å². The molecule has 2 rings (SSSR count). The molecule has 0 unspecified atom stereocenters. The fraction of sp³-hybridized carbons (Fsp3) is 0.364. The Bertz CT molecular complexity index is 1090. The van der Waals surface area contributed by atoms with E-state index in [1.54, 1.807) is 30.5 Å². The Morgan fingerprint density at radius 1 is 1.06 bits per heavy atom. The third kappa shape index (κ3) is 8.85. The molecule has 0 aliphatic rings. The molecule has 12 nitrogen and oxygen atoms in total. The van der Waals surface area contributed by atoms with Crippen molar-refractivity contribution in [1.29, 1.82) is 0 Å². The topological polar surface area (TPSA) is 194 Å². The number of anilines is 4. The SMILES string of the molecule is CC(C)(C(N)=O)C(=O)NCCCNc1nc(Nc2cccc(NC(=O)CCC(N)=O)c2)ncc1Br. The van der Waals surface area contributed by atoms with Crippen molar-refractivity contribution in [3.63, 3.8) is 0 Å². The van der Waals surface area contributed by atoms with Crippen LogP contribution < -0.4 is 32.7 Å². The summed E-state index contributed by atoms with van der Waals surface area (Å²) < 4.78 is 0.650. The van der Waals surface area contributed by atoms with Crippen molar-refractivity contribution in [3.8, 4) is 0 Å². The monoisotopic (exact) mass is 548 g/mol. The molecule has 0 radical (unpaired) electrons. The first-order chi connectivity index (χ1) is 16.5. The number of carbonyl (C=O) groups excluding carboxylic acids is 4. The van der Waals surface area contributed by atoms with E-state index in [1.807, 2.05) is 0 Å². The van der Waals surface area contributed by atoms with Crippen LogP contribution in [0, 0.1) is 5.41 Å². The number of hydrogen-bond donors (Lipinski definition) is 6. The molecule has 0 aliphatic carbocycles. The van der Waals surface area contributed by atoms with Crippen molar-refractivity contribution in [2.75, 3.05) is 29.0 Å². The van der Waals surface area contributed by atoms with E-state index in [0.29, 0.717) is 47.1 Å². The second-order valence-corrected chi connectivity index (χ2v) is 8.99. The van der Waals surface area contributed by atoms with Gasteiger partial charge in [0, 0.05) is 43.5 Å². The number of nitrogens with one attached hydrogen (secondary N) is 4. The number of benzene rings is 1. The van der Waals surface area contributed by atoms with Gasteiger partial charge in [0.1, 0.15) is 11.2 Å². The summed E-state index contributed by atoms with van der Waals surface area (Å²) in [5.74, 6) is -1.10. The molecule has 4 amide bonds. The second kappa shape index (κ2) is 12.6. The second-order valence-electron chi connectivity index (χ2n) is 8.14. The van der Waals surface area contributed by atoms with Crippen molar-refractivity contribution in [1.82, 2.24) is 15.3 Å². The largest absolute Gasteiger partial charge is 0.370 e. The minimum absolute atomic E-state index is 0.00439. The zero-order valence-electron chi connectivity index (χ0n) is 19.5. The van der Waals surface area contributed by atoms with Gasteiger partial charge in [-0.3, -0.25) is 19.2 Å². The van der Waals surface area contributed by atoms with Crippen LogP contribution in [0.4, 0.5) is 23.1 Å². The Kier molecular flexibility index (Phi) is 9.94. The normalized spacial score (nSPS) is 10.8. The summed E-state index contributed by atoms with van der Waals surface area (Å²) in [6.07, 6.45) is 2.15. The highest BCUT2D eigenvalue weighted by Gasteiger charge is 2.33. The summed E-state index contributed by atoms with van der Waals surface area (Å²) >= 11 is 3.40. The molecule has 13 heteroatoms. The molecule has 0 aliphatic heterocycles. The van der Waals surface area contributed by atoms with Gasteiger partial charge in [0.2, 0.25) is 29.6 Å². The summed E-state index contributed by atoms with van der Waals surface area (Å²) in [7, 11) is 0. The molecule has 35 heavy (non-hydrogen) atoms. The van der Waals surface area contributed by atoms with Gasteiger partial charge in [-0.1, -0.05) is 6.07 Å². The van der Waals surface area contributed by atoms with Gasteiger partial charge in [-0.05, 0) is 54.4 Å². The Balaban J connectivity index is 1.90. The quantitative estimate of drug-likeness (QED) is 0.160. The minimum Gasteiger partial charge on any atom is -0.370 e. The number of aromatic nitrogens is 2. The van der Waals surface area contributed by atoms with Crippen LogP contribution in [0.1, 0.15) is 33.1 Å². The van der Waals surface area contributed by atoms with Crippen LogP contribution in [0.3, 0.4) is 0 Å². The summed E-state index contributed by atoms with van der Waals surface area (Å²) in [4.78, 5) is 54.8. The maximum atomic E-state index is 12.0. The van der Waals surface area contributed by atoms with E-state index < -0.39 is 23.1 Å². The average Bonchev–Trinajstić information content (AvgIpc) is 2.79. The minimum atomic E-state index is -1.27. The van der Waals surface area contributed by atoms with Gasteiger partial charge < -0.3 is 32.7 Å². The van der Waals surface area contributed by atoms with Gasteiger partial charge in [-0.25, -0.2) is 4.98 Å². The molecule has 188 valence electrons. The van der Waals surface area contributed by atoms with Crippen molar-refractivity contribution >= 4 is 62.7 Å². The van der Waals surface area contributed by atoms with Crippen molar-refractivity contribution in [3.05, 3.63) is 34.9 Å². The summed E-state index contributed by atoms with van der Waals surface area (Å²) in [5.41, 5.74) is 10.2. The van der Waals surface area contributed by atoms with Crippen LogP contribution in [0.15, 0.2) is 34.9 Å². The zero-order chi connectivity index (χ0) is 26.0. The number of halogens is 1. The van der Waals surface area contributed by atoms with E-state index in [4.69, 9.17) is 11.5 Å². The lowest BCUT2D eigenvalue weighted by atomic mass is 9.91. The molecular weight excluding hydrogens is 520 g/mol. The Morgan fingerprint density at radius 3 is 2.46 bits per heavy atom. The third-order valence-corrected chi connectivity index (χ3v) is 5.44. The highest BCUT2D eigenvalue weighted by atomic mass is 79.9. The average molecular weight is 549 g/mol. The Hall–Kier alpha value is -3.74. The first-order valence-corrected chi connectivity index (χ1v) is 11.6. The van der Waals surface area contributed by atoms with Crippen LogP contribution >= 0.6 is 15.9 Å². The highest BCUT2D eigenvalue weighted by molar-refractivity contribution is 9.10. The molecular formula is C22H29BrN8O4. The first-order valence-electron chi connectivity index (χ1n) is 10.8. The predicted octanol–water partition coefficient (Wildman–Crippen LogP) is 1.62. The number of hydrogen-bond acceptors (Lipinski definition) is 8. The first kappa shape index (κ1) is 27.5. The van der Waals surface area contributed by atoms with Crippen molar-refractivity contribution < 1.29 is 19.2 Å². The van der Waals surface area contributed by atoms with Gasteiger partial charge >= 0.3 is 0 Å². The molecule has 1 heterocycles. The molecule has 2 aromatic rings. The van der Waals surface area contributed by atoms with E-state index in [9.17, 15) is 19.2 Å². The maximum Gasteiger partial charge on any atom is 0.235 e. The van der Waals surface area contributed by atoms with E-state index in [-0.39, 0.29) is 18.7 Å². The molecule has 8 N–H and O–H groups in total. The number of nitrogens with zero attached hydrogens (tertiary/aromatic N) is 2. The molecule has 0 fully saturated rings. The van der Waals surface area contributed by atoms with E-state index in [1.165, 1.54) is 13.8 Å². The number of nitrogens with two attached hydrogens (primary N) is 2. The molecule has 0 atom stereocenters. The van der Waals surface area contributed by atoms with Crippen molar-refractivity contribution in [2.45, 2.75) is 33.1 Å². The number of rotatable bonds is 13. The van der Waals surface area contributed by atoms with E-state index in [2.05, 4.69) is 47.2 Å². The van der Waals surface area contributed by atoms with Crippen LogP contribution in [0.25, 0.3) is 0 Å². The summed E-state index contributed by atoms with van der Waals surface area (Å²) in [6, 6.07) is 6.95. The highest BCUT2D eigenvalue weighted by Crippen LogP contribution is 2.23. The summed E-state index contributed by atoms with van der Waals surface area (Å²) in [6.45, 7) is 3.81. The number of amides is 4. The molecule has 0 spiro atoms. The lowest BCUT2D eigenvalue weighted by Crippen LogP contribution is -2.46. The van der Waals surface area contributed by atoms with Gasteiger partial charge in [0.05, 0.1) is 4.47 Å². The smallest absolute Gasteiger partial charge is 0.235 e. The lowest BCUT2D eigenvalue weighted by Gasteiger charge is -2.19. The standard InChI is InChI=1S/C22H29BrN8O4/c1-22(2,19(25)34)20(35)27-10-4-9-26-18-15(23)12-28-21(31-18)30-14-6-3-5-13(11-14)29-17(33)8-7-16(24)32/h3,5-6,11-12H,4,7-10H2,1-2H3,(H2,24,32)(H2,25,34)(H,27,35)(H,29,33)(H2,26,28,30,31). The zero-order valence-corrected chi connectivity index (χ0v) is 21.1. The van der Waals surface area contributed by atoms with Gasteiger partial charge in [0.15, 0.2) is 0 Å². The van der Waals surface area contributed by atoms with E-state index >= 15 is 0 Å². The molecule has 1 aromatic heterocycles. The van der Waals surface area contributed by atoms with Gasteiger partial charge in [0.25, 0.3) is 0 Å². The molecule has 0 saturated carbocycles. The lowest BCUT2D eigenvalue weighted by molar-refractivity contribution is -0.139. The Morgan fingerprint density at radius 2 is 1.77 bits per heavy atom. The van der Waals surface area contributed by atoms with Crippen LogP contribution in [0.2, 0.25) is 0 Å². The Labute approximate surface area is 211 Å². The summed E-state index contributed by atoms with van der Waals surface area (Å²) in [5, 5.41) is 11.6. The van der Waals surface area contributed by atoms with Gasteiger partial charge in [-0.15, -0.1) is 0 Å². The predicted molar refractivity (Wildman–Crippen MR) is 136 cm³/mol. The number of carbonyl (C=O) groups is 4. The van der Waals surface area contributed by atoms with E-state index in [0.717, 1.165) is 0 Å². The molecule has 1 aromatic carbocycles. The van der Waals surface area contributed by atoms with Crippen LogP contribution in [0.5, 0.6) is 0 Å². The maximum absolute atomic E-state index is 12.0. The van der Waals surface area contributed by atoms with Crippen LogP contribution in [-0.4, -0.2) is 46.7 Å². The van der Waals surface area contributed by atoms with Crippen molar-refractivity contribution in [2.24, 2.45) is 16.9 Å². The number of primary amides is 2. The fourth-order valence-electron chi connectivity index (χ4n) is 2.65. The molecule has 0 saturated heterocycles. The van der Waals surface area contributed by atoms with Gasteiger partial charge in [-0.2, -0.15) is 4.98 Å².